The molecule has 0 radical (unpaired) electrons. The molecule has 0 saturated carbocycles. The van der Waals surface area contributed by atoms with Crippen LogP contribution in [0.2, 0.25) is 0 Å². The van der Waals surface area contributed by atoms with Gasteiger partial charge in [-0.3, -0.25) is 4.79 Å². The van der Waals surface area contributed by atoms with E-state index in [9.17, 15) is 4.79 Å². The van der Waals surface area contributed by atoms with Gasteiger partial charge in [-0.1, -0.05) is 0 Å². The topological polar surface area (TPSA) is 56.2 Å². The third kappa shape index (κ3) is 1.93. The number of furan rings is 1. The van der Waals surface area contributed by atoms with Crippen molar-refractivity contribution in [3.63, 3.8) is 0 Å². The molecule has 0 aliphatic carbocycles. The maximum atomic E-state index is 12.4. The summed E-state index contributed by atoms with van der Waals surface area (Å²) in [5.41, 5.74) is 3.60. The van der Waals surface area contributed by atoms with Gasteiger partial charge in [-0.15, -0.1) is 0 Å². The summed E-state index contributed by atoms with van der Waals surface area (Å²) in [4.78, 5) is 16.5. The molecule has 0 unspecified atom stereocenters. The lowest BCUT2D eigenvalue weighted by atomic mass is 10.1. The van der Waals surface area contributed by atoms with Crippen LogP contribution in [0.3, 0.4) is 0 Å². The Morgan fingerprint density at radius 2 is 1.70 bits per heavy atom. The van der Waals surface area contributed by atoms with Gasteiger partial charge in [-0.25, -0.2) is 4.98 Å². The fraction of sp³-hybridized carbons (Fsp3) is 0.250. The van der Waals surface area contributed by atoms with Crippen molar-refractivity contribution >= 4 is 16.8 Å². The van der Waals surface area contributed by atoms with Crippen molar-refractivity contribution in [1.29, 1.82) is 0 Å². The molecule has 0 atom stereocenters. The molecule has 4 heteroatoms. The molecule has 0 fully saturated rings. The first-order valence-corrected chi connectivity index (χ1v) is 6.45. The quantitative estimate of drug-likeness (QED) is 0.662. The van der Waals surface area contributed by atoms with Crippen LogP contribution in [0.15, 0.2) is 27.0 Å². The van der Waals surface area contributed by atoms with Crippen LogP contribution in [0.4, 0.5) is 0 Å². The van der Waals surface area contributed by atoms with Crippen molar-refractivity contribution in [1.82, 2.24) is 4.98 Å². The second-order valence-corrected chi connectivity index (χ2v) is 5.06. The fourth-order valence-electron chi connectivity index (χ4n) is 2.27. The third-order valence-corrected chi connectivity index (χ3v) is 3.47. The highest BCUT2D eigenvalue weighted by atomic mass is 16.4. The Morgan fingerprint density at radius 3 is 2.35 bits per heavy atom. The molecule has 4 nitrogen and oxygen atoms in total. The molecule has 0 bridgehead atoms. The van der Waals surface area contributed by atoms with Crippen molar-refractivity contribution in [2.45, 2.75) is 27.7 Å². The van der Waals surface area contributed by atoms with Gasteiger partial charge >= 0.3 is 0 Å². The summed E-state index contributed by atoms with van der Waals surface area (Å²) in [6.07, 6.45) is 0. The van der Waals surface area contributed by atoms with Gasteiger partial charge in [0, 0.05) is 12.3 Å². The van der Waals surface area contributed by atoms with Crippen LogP contribution in [-0.2, 0) is 0 Å². The molecule has 0 aliphatic rings. The van der Waals surface area contributed by atoms with Crippen molar-refractivity contribution < 1.29 is 13.6 Å². The first-order valence-electron chi connectivity index (χ1n) is 6.45. The Labute approximate surface area is 116 Å². The number of rotatable bonds is 2. The monoisotopic (exact) mass is 269 g/mol. The van der Waals surface area contributed by atoms with Crippen molar-refractivity contribution in [2.75, 3.05) is 0 Å². The minimum Gasteiger partial charge on any atom is -0.452 e. The highest BCUT2D eigenvalue weighted by Gasteiger charge is 2.21. The maximum absolute atomic E-state index is 12.4. The van der Waals surface area contributed by atoms with Crippen molar-refractivity contribution in [3.8, 4) is 0 Å². The summed E-state index contributed by atoms with van der Waals surface area (Å²) >= 11 is 0. The van der Waals surface area contributed by atoms with Gasteiger partial charge in [-0.2, -0.15) is 0 Å². The van der Waals surface area contributed by atoms with E-state index in [-0.39, 0.29) is 17.3 Å². The minimum atomic E-state index is -0.269. The first-order chi connectivity index (χ1) is 9.45. The minimum absolute atomic E-state index is 0.245. The number of aryl methyl sites for hydroxylation is 4. The standard InChI is InChI=1S/C16H15NO3/c1-8-5-12-7-14(20-13(12)6-9(8)2)15(18)16-10(3)17-11(4)19-16/h5-7H,1-4H3. The van der Waals surface area contributed by atoms with E-state index in [2.05, 4.69) is 4.98 Å². The van der Waals surface area contributed by atoms with Gasteiger partial charge in [-0.05, 0) is 50.1 Å². The van der Waals surface area contributed by atoms with E-state index in [1.165, 1.54) is 5.56 Å². The van der Waals surface area contributed by atoms with Crippen LogP contribution in [0.1, 0.15) is 39.0 Å². The van der Waals surface area contributed by atoms with Gasteiger partial charge in [0.25, 0.3) is 5.78 Å². The molecule has 0 spiro atoms. The van der Waals surface area contributed by atoms with Crippen LogP contribution < -0.4 is 0 Å². The second kappa shape index (κ2) is 4.34. The summed E-state index contributed by atoms with van der Waals surface area (Å²) < 4.78 is 11.0. The summed E-state index contributed by atoms with van der Waals surface area (Å²) in [6, 6.07) is 5.71. The number of hydrogen-bond donors (Lipinski definition) is 0. The average molecular weight is 269 g/mol. The van der Waals surface area contributed by atoms with Crippen molar-refractivity contribution in [2.24, 2.45) is 0 Å². The number of fused-ring (bicyclic) bond motifs is 1. The zero-order valence-electron chi connectivity index (χ0n) is 11.9. The smallest absolute Gasteiger partial charge is 0.265 e. The molecule has 102 valence electrons. The molecule has 1 aromatic carbocycles. The van der Waals surface area contributed by atoms with E-state index in [0.29, 0.717) is 17.2 Å². The molecule has 0 N–H and O–H groups in total. The fourth-order valence-corrected chi connectivity index (χ4v) is 2.27. The van der Waals surface area contributed by atoms with E-state index in [4.69, 9.17) is 8.83 Å². The van der Waals surface area contributed by atoms with Crippen molar-refractivity contribution in [3.05, 3.63) is 52.4 Å². The zero-order valence-corrected chi connectivity index (χ0v) is 11.9. The number of hydrogen-bond acceptors (Lipinski definition) is 4. The molecule has 3 aromatic rings. The Kier molecular flexibility index (Phi) is 2.74. The summed E-state index contributed by atoms with van der Waals surface area (Å²) in [5, 5.41) is 0.922. The molecule has 2 heterocycles. The number of aromatic nitrogens is 1. The maximum Gasteiger partial charge on any atom is 0.265 e. The van der Waals surface area contributed by atoms with Crippen LogP contribution in [0.5, 0.6) is 0 Å². The van der Waals surface area contributed by atoms with Crippen LogP contribution >= 0.6 is 0 Å². The Morgan fingerprint density at radius 1 is 1.00 bits per heavy atom. The lowest BCUT2D eigenvalue weighted by Gasteiger charge is -1.97. The second-order valence-electron chi connectivity index (χ2n) is 5.06. The molecule has 2 aromatic heterocycles. The van der Waals surface area contributed by atoms with E-state index in [1.54, 1.807) is 19.9 Å². The molecule has 0 saturated heterocycles. The van der Waals surface area contributed by atoms with Gasteiger partial charge in [0.05, 0.1) is 5.69 Å². The number of carbonyl (C=O) groups excluding carboxylic acids is 1. The molecule has 20 heavy (non-hydrogen) atoms. The molecule has 3 rings (SSSR count). The lowest BCUT2D eigenvalue weighted by Crippen LogP contribution is -1.99. The van der Waals surface area contributed by atoms with Crippen LogP contribution in [-0.4, -0.2) is 10.8 Å². The number of ketones is 1. The van der Waals surface area contributed by atoms with Gasteiger partial charge in [0.2, 0.25) is 5.76 Å². The summed E-state index contributed by atoms with van der Waals surface area (Å²) in [7, 11) is 0. The summed E-state index contributed by atoms with van der Waals surface area (Å²) in [6.45, 7) is 7.52. The molecular formula is C16H15NO3. The molecule has 0 aliphatic heterocycles. The van der Waals surface area contributed by atoms with Gasteiger partial charge < -0.3 is 8.83 Å². The number of carbonyl (C=O) groups is 1. The predicted molar refractivity (Wildman–Crippen MR) is 75.1 cm³/mol. The Hall–Kier alpha value is -2.36. The van der Waals surface area contributed by atoms with E-state index < -0.39 is 0 Å². The Bertz CT molecular complexity index is 785. The highest BCUT2D eigenvalue weighted by Crippen LogP contribution is 2.25. The number of benzene rings is 1. The largest absolute Gasteiger partial charge is 0.452 e. The molecule has 0 amide bonds. The first kappa shape index (κ1) is 12.7. The van der Waals surface area contributed by atoms with E-state index >= 15 is 0 Å². The Balaban J connectivity index is 2.10. The van der Waals surface area contributed by atoms with E-state index in [1.807, 2.05) is 26.0 Å². The normalized spacial score (nSPS) is 11.2. The van der Waals surface area contributed by atoms with Gasteiger partial charge in [0.15, 0.2) is 11.7 Å². The number of oxazole rings is 1. The van der Waals surface area contributed by atoms with Crippen LogP contribution in [0, 0.1) is 27.7 Å². The van der Waals surface area contributed by atoms with Gasteiger partial charge in [0.1, 0.15) is 5.58 Å². The third-order valence-electron chi connectivity index (χ3n) is 3.47. The highest BCUT2D eigenvalue weighted by molar-refractivity contribution is 6.07. The molecular weight excluding hydrogens is 254 g/mol. The predicted octanol–water partition coefficient (Wildman–Crippen LogP) is 3.89. The number of nitrogens with zero attached hydrogens (tertiary/aromatic N) is 1. The SMILES string of the molecule is Cc1nc(C)c(C(=O)c2cc3cc(C)c(C)cc3o2)o1. The van der Waals surface area contributed by atoms with Crippen LogP contribution in [0.25, 0.3) is 11.0 Å². The summed E-state index contributed by atoms with van der Waals surface area (Å²) in [5.74, 6) is 0.738. The van der Waals surface area contributed by atoms with E-state index in [0.717, 1.165) is 10.9 Å². The average Bonchev–Trinajstić information content (AvgIpc) is 2.92. The lowest BCUT2D eigenvalue weighted by molar-refractivity contribution is 0.0983. The zero-order chi connectivity index (χ0) is 14.4.